The molecule has 0 aliphatic rings. The average molecular weight is 554 g/mol. The van der Waals surface area contributed by atoms with Crippen LogP contribution in [0.5, 0.6) is 0 Å². The summed E-state index contributed by atoms with van der Waals surface area (Å²) in [5.41, 5.74) is 2.19. The fraction of sp³-hybridized carbons (Fsp3) is 0.121. The van der Waals surface area contributed by atoms with Crippen molar-refractivity contribution < 1.29 is 27.0 Å². The van der Waals surface area contributed by atoms with Gasteiger partial charge in [0.15, 0.2) is 23.6 Å². The maximum absolute atomic E-state index is 13.4. The van der Waals surface area contributed by atoms with Gasteiger partial charge in [-0.15, -0.1) is 0 Å². The van der Waals surface area contributed by atoms with E-state index in [0.717, 1.165) is 34.1 Å². The molecule has 41 heavy (non-hydrogen) atoms. The van der Waals surface area contributed by atoms with Crippen molar-refractivity contribution in [1.82, 2.24) is 4.57 Å². The van der Waals surface area contributed by atoms with E-state index in [1.54, 1.807) is 12.1 Å². The molecule has 0 saturated carbocycles. The average Bonchev–Trinajstić information content (AvgIpc) is 3.24. The molecule has 8 heteroatoms. The van der Waals surface area contributed by atoms with Crippen molar-refractivity contribution in [3.63, 3.8) is 0 Å². The summed E-state index contributed by atoms with van der Waals surface area (Å²) in [7, 11) is 0. The third kappa shape index (κ3) is 4.82. The number of para-hydroxylation sites is 3. The highest BCUT2D eigenvalue weighted by Crippen LogP contribution is 2.32. The van der Waals surface area contributed by atoms with Crippen LogP contribution in [0.4, 0.5) is 13.2 Å². The first kappa shape index (κ1) is 26.3. The van der Waals surface area contributed by atoms with Crippen LogP contribution in [0.2, 0.25) is 0 Å². The lowest BCUT2D eigenvalue weighted by Crippen LogP contribution is -2.41. The van der Waals surface area contributed by atoms with Gasteiger partial charge in [-0.1, -0.05) is 72.8 Å². The van der Waals surface area contributed by atoms with Gasteiger partial charge >= 0.3 is 11.8 Å². The van der Waals surface area contributed by atoms with Crippen molar-refractivity contribution >= 4 is 27.8 Å². The van der Waals surface area contributed by atoms with Gasteiger partial charge in [-0.05, 0) is 36.4 Å². The molecule has 5 nitrogen and oxygen atoms in total. The summed E-state index contributed by atoms with van der Waals surface area (Å²) in [4.78, 5) is 26.7. The van der Waals surface area contributed by atoms with E-state index in [-0.39, 0.29) is 17.9 Å². The summed E-state index contributed by atoms with van der Waals surface area (Å²) in [5, 5.41) is 0.780. The standard InChI is InChI=1S/C33H24F3N2O3/c1-21-37(20-29(39)22-15-17-25(18-16-22)33(34,35)36)27-12-6-7-13-28(27)38(21)31(23-9-3-2-4-10-23)26-19-24-11-5-8-14-30(24)41-32(26)40/h2-19,31H,20H2,1H3/q+1. The minimum atomic E-state index is -4.48. The molecular weight excluding hydrogens is 529 g/mol. The fourth-order valence-corrected chi connectivity index (χ4v) is 5.35. The zero-order valence-electron chi connectivity index (χ0n) is 21.9. The highest BCUT2D eigenvalue weighted by molar-refractivity contribution is 5.95. The van der Waals surface area contributed by atoms with Crippen LogP contribution in [0.25, 0.3) is 22.0 Å². The Labute approximate surface area is 232 Å². The zero-order valence-corrected chi connectivity index (χ0v) is 21.9. The lowest BCUT2D eigenvalue weighted by Gasteiger charge is -2.16. The normalized spacial score (nSPS) is 12.6. The summed E-state index contributed by atoms with van der Waals surface area (Å²) in [6.45, 7) is 1.76. The Bertz CT molecular complexity index is 1960. The topological polar surface area (TPSA) is 56.1 Å². The lowest BCUT2D eigenvalue weighted by atomic mass is 9.98. The summed E-state index contributed by atoms with van der Waals surface area (Å²) >= 11 is 0. The fourth-order valence-electron chi connectivity index (χ4n) is 5.35. The first-order valence-electron chi connectivity index (χ1n) is 13.0. The molecular formula is C33H24F3N2O3+. The Kier molecular flexibility index (Phi) is 6.53. The minimum Gasteiger partial charge on any atom is -0.422 e. The van der Waals surface area contributed by atoms with Crippen LogP contribution < -0.4 is 10.2 Å². The van der Waals surface area contributed by atoms with Gasteiger partial charge in [0, 0.05) is 23.4 Å². The van der Waals surface area contributed by atoms with E-state index >= 15 is 0 Å². The number of ketones is 1. The first-order valence-corrected chi connectivity index (χ1v) is 13.0. The Morgan fingerprint density at radius 3 is 2.27 bits per heavy atom. The van der Waals surface area contributed by atoms with Crippen LogP contribution in [0, 0.1) is 6.92 Å². The number of carbonyl (C=O) groups is 1. The molecule has 1 unspecified atom stereocenters. The third-order valence-electron chi connectivity index (χ3n) is 7.34. The second kappa shape index (κ2) is 10.2. The van der Waals surface area contributed by atoms with Gasteiger partial charge in [0.1, 0.15) is 5.58 Å². The van der Waals surface area contributed by atoms with Crippen molar-refractivity contribution in [2.24, 2.45) is 0 Å². The number of hydrogen-bond acceptors (Lipinski definition) is 3. The predicted octanol–water partition coefficient (Wildman–Crippen LogP) is 6.88. The minimum absolute atomic E-state index is 0.0987. The Balaban J connectivity index is 1.51. The summed E-state index contributed by atoms with van der Waals surface area (Å²) in [6, 6.07) is 29.9. The van der Waals surface area contributed by atoms with E-state index in [4.69, 9.17) is 4.42 Å². The van der Waals surface area contributed by atoms with Crippen LogP contribution in [-0.2, 0) is 12.7 Å². The van der Waals surface area contributed by atoms with Gasteiger partial charge in [0.2, 0.25) is 5.78 Å². The number of aromatic nitrogens is 2. The number of fused-ring (bicyclic) bond motifs is 2. The van der Waals surface area contributed by atoms with Crippen LogP contribution in [0.15, 0.2) is 118 Å². The second-order valence-corrected chi connectivity index (χ2v) is 9.83. The van der Waals surface area contributed by atoms with E-state index in [0.29, 0.717) is 17.0 Å². The Morgan fingerprint density at radius 2 is 1.54 bits per heavy atom. The first-order chi connectivity index (χ1) is 19.7. The molecule has 0 saturated heterocycles. The molecule has 4 aromatic carbocycles. The van der Waals surface area contributed by atoms with Crippen molar-refractivity contribution in [2.45, 2.75) is 25.7 Å². The van der Waals surface area contributed by atoms with E-state index < -0.39 is 23.4 Å². The number of benzene rings is 4. The number of carbonyl (C=O) groups excluding carboxylic acids is 1. The molecule has 0 aliphatic carbocycles. The summed E-state index contributed by atoms with van der Waals surface area (Å²) < 4.78 is 48.7. The van der Waals surface area contributed by atoms with Crippen molar-refractivity contribution in [2.75, 3.05) is 0 Å². The smallest absolute Gasteiger partial charge is 0.416 e. The van der Waals surface area contributed by atoms with Gasteiger partial charge in [-0.2, -0.15) is 13.2 Å². The van der Waals surface area contributed by atoms with Gasteiger partial charge in [-0.3, -0.25) is 4.79 Å². The third-order valence-corrected chi connectivity index (χ3v) is 7.34. The number of Topliss-reactive ketones (excluding diaryl/α,β-unsaturated/α-hetero) is 1. The second-order valence-electron chi connectivity index (χ2n) is 9.83. The monoisotopic (exact) mass is 553 g/mol. The number of rotatable bonds is 6. The molecule has 2 heterocycles. The molecule has 0 N–H and O–H groups in total. The quantitative estimate of drug-likeness (QED) is 0.128. The largest absolute Gasteiger partial charge is 0.422 e. The Hall–Kier alpha value is -4.98. The van der Waals surface area contributed by atoms with E-state index in [1.165, 1.54) is 12.1 Å². The molecule has 0 amide bonds. The highest BCUT2D eigenvalue weighted by Gasteiger charge is 2.34. The van der Waals surface area contributed by atoms with Crippen LogP contribution in [0.3, 0.4) is 0 Å². The maximum Gasteiger partial charge on any atom is 0.416 e. The molecule has 204 valence electrons. The molecule has 0 bridgehead atoms. The number of halogens is 3. The van der Waals surface area contributed by atoms with Crippen molar-refractivity contribution in [3.05, 3.63) is 148 Å². The van der Waals surface area contributed by atoms with E-state index in [1.807, 2.05) is 88.9 Å². The van der Waals surface area contributed by atoms with Crippen LogP contribution >= 0.6 is 0 Å². The van der Waals surface area contributed by atoms with Crippen molar-refractivity contribution in [1.29, 1.82) is 0 Å². The summed E-state index contributed by atoms with van der Waals surface area (Å²) in [6.07, 6.45) is -4.48. The lowest BCUT2D eigenvalue weighted by molar-refractivity contribution is -0.664. The van der Waals surface area contributed by atoms with Gasteiger partial charge in [0.25, 0.3) is 5.82 Å². The molecule has 0 spiro atoms. The zero-order chi connectivity index (χ0) is 28.7. The van der Waals surface area contributed by atoms with Crippen LogP contribution in [0.1, 0.15) is 38.9 Å². The SMILES string of the molecule is Cc1n(C(c2ccccc2)c2cc3ccccc3oc2=O)c2ccccc2[n+]1CC(=O)c1ccc(C(F)(F)F)cc1. The van der Waals surface area contributed by atoms with E-state index in [9.17, 15) is 22.8 Å². The van der Waals surface area contributed by atoms with Crippen LogP contribution in [-0.4, -0.2) is 10.4 Å². The highest BCUT2D eigenvalue weighted by atomic mass is 19.4. The molecule has 6 rings (SSSR count). The number of hydrogen-bond donors (Lipinski definition) is 0. The van der Waals surface area contributed by atoms with Gasteiger partial charge < -0.3 is 4.42 Å². The number of alkyl halides is 3. The molecule has 0 aliphatic heterocycles. The molecule has 0 radical (unpaired) electrons. The molecule has 1 atom stereocenters. The Morgan fingerprint density at radius 1 is 0.878 bits per heavy atom. The molecule has 0 fully saturated rings. The molecule has 6 aromatic rings. The van der Waals surface area contributed by atoms with Gasteiger partial charge in [0.05, 0.1) is 11.1 Å². The van der Waals surface area contributed by atoms with Gasteiger partial charge in [-0.25, -0.2) is 13.9 Å². The number of imidazole rings is 1. The van der Waals surface area contributed by atoms with Crippen molar-refractivity contribution in [3.8, 4) is 0 Å². The maximum atomic E-state index is 13.4. The predicted molar refractivity (Wildman–Crippen MR) is 149 cm³/mol. The van der Waals surface area contributed by atoms with E-state index in [2.05, 4.69) is 0 Å². The summed E-state index contributed by atoms with van der Waals surface area (Å²) in [5.74, 6) is 0.351. The number of nitrogens with zero attached hydrogens (tertiary/aromatic N) is 2. The molecule has 2 aromatic heterocycles.